The highest BCUT2D eigenvalue weighted by Gasteiger charge is 2.13. The number of pyridine rings is 1. The molecule has 0 spiro atoms. The van der Waals surface area contributed by atoms with Crippen LogP contribution in [0.4, 0.5) is 5.95 Å². The summed E-state index contributed by atoms with van der Waals surface area (Å²) in [6.07, 6.45) is 1.82. The van der Waals surface area contributed by atoms with Crippen molar-refractivity contribution >= 4 is 17.1 Å². The van der Waals surface area contributed by atoms with Gasteiger partial charge in [-0.15, -0.1) is 0 Å². The monoisotopic (exact) mass is 268 g/mol. The molecule has 3 aromatic rings. The van der Waals surface area contributed by atoms with Gasteiger partial charge in [-0.3, -0.25) is 4.57 Å². The number of rotatable bonds is 2. The van der Waals surface area contributed by atoms with E-state index in [2.05, 4.69) is 9.97 Å². The summed E-state index contributed by atoms with van der Waals surface area (Å²) < 4.78 is 7.09. The second-order valence-electron chi connectivity index (χ2n) is 4.81. The van der Waals surface area contributed by atoms with Crippen molar-refractivity contribution in [2.24, 2.45) is 0 Å². The Morgan fingerprint density at radius 3 is 2.70 bits per heavy atom. The molecule has 2 heterocycles. The lowest BCUT2D eigenvalue weighted by molar-refractivity contribution is 0.414. The smallest absolute Gasteiger partial charge is 0.207 e. The Bertz CT molecular complexity index is 792. The van der Waals surface area contributed by atoms with Crippen LogP contribution in [0.5, 0.6) is 5.75 Å². The molecule has 5 nitrogen and oxygen atoms in total. The number of nitrogens with two attached hydrogens (primary N) is 1. The van der Waals surface area contributed by atoms with E-state index in [4.69, 9.17) is 10.5 Å². The van der Waals surface area contributed by atoms with Crippen molar-refractivity contribution < 1.29 is 4.74 Å². The predicted octanol–water partition coefficient (Wildman–Crippen LogP) is 2.63. The van der Waals surface area contributed by atoms with Crippen molar-refractivity contribution in [1.29, 1.82) is 0 Å². The quantitative estimate of drug-likeness (QED) is 0.776. The SMILES string of the molecule is COc1ccc(-n2c(N)nc3cc(C)cnc32)c(C)c1. The van der Waals surface area contributed by atoms with Crippen LogP contribution in [0.2, 0.25) is 0 Å². The van der Waals surface area contributed by atoms with Gasteiger partial charge in [0.05, 0.1) is 12.8 Å². The number of hydrogen-bond acceptors (Lipinski definition) is 4. The van der Waals surface area contributed by atoms with E-state index in [1.807, 2.05) is 48.9 Å². The Morgan fingerprint density at radius 2 is 2.00 bits per heavy atom. The van der Waals surface area contributed by atoms with Crippen LogP contribution >= 0.6 is 0 Å². The summed E-state index contributed by atoms with van der Waals surface area (Å²) in [7, 11) is 1.65. The summed E-state index contributed by atoms with van der Waals surface area (Å²) >= 11 is 0. The molecule has 0 atom stereocenters. The maximum absolute atomic E-state index is 6.06. The van der Waals surface area contributed by atoms with Crippen molar-refractivity contribution in [1.82, 2.24) is 14.5 Å². The number of nitrogens with zero attached hydrogens (tertiary/aromatic N) is 3. The maximum atomic E-state index is 6.06. The molecule has 0 unspecified atom stereocenters. The molecule has 0 aliphatic carbocycles. The average molecular weight is 268 g/mol. The van der Waals surface area contributed by atoms with Crippen molar-refractivity contribution in [2.75, 3.05) is 12.8 Å². The summed E-state index contributed by atoms with van der Waals surface area (Å²) in [6, 6.07) is 7.82. The number of methoxy groups -OCH3 is 1. The highest BCUT2D eigenvalue weighted by atomic mass is 16.5. The molecule has 0 fully saturated rings. The molecule has 1 aromatic carbocycles. The van der Waals surface area contributed by atoms with Crippen LogP contribution in [-0.4, -0.2) is 21.6 Å². The van der Waals surface area contributed by atoms with Crippen molar-refractivity contribution in [3.8, 4) is 11.4 Å². The summed E-state index contributed by atoms with van der Waals surface area (Å²) in [5, 5.41) is 0. The standard InChI is InChI=1S/C15H16N4O/c1-9-6-12-14(17-8-9)19(15(16)18-12)13-5-4-11(20-3)7-10(13)2/h4-8H,1-3H3,(H2,16,18). The third-order valence-electron chi connectivity index (χ3n) is 3.30. The zero-order valence-electron chi connectivity index (χ0n) is 11.7. The first-order valence-electron chi connectivity index (χ1n) is 6.35. The lowest BCUT2D eigenvalue weighted by Crippen LogP contribution is -2.03. The molecule has 0 radical (unpaired) electrons. The van der Waals surface area contributed by atoms with Crippen LogP contribution in [0.15, 0.2) is 30.5 Å². The molecular formula is C15H16N4O. The Hall–Kier alpha value is -2.56. The number of hydrogen-bond donors (Lipinski definition) is 1. The van der Waals surface area contributed by atoms with Gasteiger partial charge >= 0.3 is 0 Å². The first-order valence-corrected chi connectivity index (χ1v) is 6.35. The number of ether oxygens (including phenoxy) is 1. The van der Waals surface area contributed by atoms with Gasteiger partial charge in [-0.2, -0.15) is 0 Å². The fraction of sp³-hybridized carbons (Fsp3) is 0.200. The molecule has 0 bridgehead atoms. The van der Waals surface area contributed by atoms with Crippen LogP contribution < -0.4 is 10.5 Å². The van der Waals surface area contributed by atoms with E-state index in [0.717, 1.165) is 33.7 Å². The second-order valence-corrected chi connectivity index (χ2v) is 4.81. The van der Waals surface area contributed by atoms with Gasteiger partial charge in [0.1, 0.15) is 11.3 Å². The molecule has 2 aromatic heterocycles. The minimum Gasteiger partial charge on any atom is -0.497 e. The zero-order valence-corrected chi connectivity index (χ0v) is 11.7. The van der Waals surface area contributed by atoms with Gasteiger partial charge in [0.15, 0.2) is 5.65 Å². The normalized spacial score (nSPS) is 10.9. The minimum absolute atomic E-state index is 0.436. The number of aryl methyl sites for hydroxylation is 2. The second kappa shape index (κ2) is 4.52. The number of nitrogen functional groups attached to an aromatic ring is 1. The third-order valence-corrected chi connectivity index (χ3v) is 3.30. The maximum Gasteiger partial charge on any atom is 0.207 e. The molecule has 0 aliphatic heterocycles. The minimum atomic E-state index is 0.436. The first kappa shape index (κ1) is 12.5. The Kier molecular flexibility index (Phi) is 2.82. The number of benzene rings is 1. The molecule has 0 amide bonds. The molecule has 2 N–H and O–H groups in total. The number of fused-ring (bicyclic) bond motifs is 1. The lowest BCUT2D eigenvalue weighted by atomic mass is 10.2. The van der Waals surface area contributed by atoms with Gasteiger partial charge in [-0.05, 0) is 49.2 Å². The van der Waals surface area contributed by atoms with Crippen LogP contribution in [0, 0.1) is 13.8 Å². The van der Waals surface area contributed by atoms with E-state index < -0.39 is 0 Å². The van der Waals surface area contributed by atoms with Crippen LogP contribution in [0.1, 0.15) is 11.1 Å². The molecule has 3 rings (SSSR count). The molecule has 0 aliphatic rings. The number of anilines is 1. The third kappa shape index (κ3) is 1.87. The molecule has 0 saturated heterocycles. The fourth-order valence-corrected chi connectivity index (χ4v) is 2.33. The summed E-state index contributed by atoms with van der Waals surface area (Å²) in [6.45, 7) is 4.00. The van der Waals surface area contributed by atoms with E-state index in [1.54, 1.807) is 7.11 Å². The van der Waals surface area contributed by atoms with Gasteiger partial charge in [0, 0.05) is 6.20 Å². The van der Waals surface area contributed by atoms with Crippen LogP contribution in [0.25, 0.3) is 16.9 Å². The molecule has 102 valence electrons. The van der Waals surface area contributed by atoms with Crippen molar-refractivity contribution in [2.45, 2.75) is 13.8 Å². The molecule has 0 saturated carbocycles. The Morgan fingerprint density at radius 1 is 1.20 bits per heavy atom. The number of aromatic nitrogens is 3. The molecule has 20 heavy (non-hydrogen) atoms. The predicted molar refractivity (Wildman–Crippen MR) is 79.3 cm³/mol. The van der Waals surface area contributed by atoms with Gasteiger partial charge in [0.2, 0.25) is 5.95 Å². The highest BCUT2D eigenvalue weighted by molar-refractivity contribution is 5.77. The highest BCUT2D eigenvalue weighted by Crippen LogP contribution is 2.26. The van der Waals surface area contributed by atoms with Crippen LogP contribution in [-0.2, 0) is 0 Å². The van der Waals surface area contributed by atoms with Gasteiger partial charge < -0.3 is 10.5 Å². The Labute approximate surface area is 117 Å². The summed E-state index contributed by atoms with van der Waals surface area (Å²) in [5.74, 6) is 1.25. The Balaban J connectivity index is 2.26. The van der Waals surface area contributed by atoms with Crippen molar-refractivity contribution in [3.05, 3.63) is 41.6 Å². The molecular weight excluding hydrogens is 252 g/mol. The van der Waals surface area contributed by atoms with E-state index in [1.165, 1.54) is 0 Å². The topological polar surface area (TPSA) is 66.0 Å². The first-order chi connectivity index (χ1) is 9.60. The van der Waals surface area contributed by atoms with E-state index in [0.29, 0.717) is 5.95 Å². The van der Waals surface area contributed by atoms with Gasteiger partial charge in [0.25, 0.3) is 0 Å². The van der Waals surface area contributed by atoms with Crippen LogP contribution in [0.3, 0.4) is 0 Å². The largest absolute Gasteiger partial charge is 0.497 e. The summed E-state index contributed by atoms with van der Waals surface area (Å²) in [4.78, 5) is 8.83. The van der Waals surface area contributed by atoms with E-state index >= 15 is 0 Å². The molecule has 5 heteroatoms. The lowest BCUT2D eigenvalue weighted by Gasteiger charge is -2.10. The van der Waals surface area contributed by atoms with Crippen molar-refractivity contribution in [3.63, 3.8) is 0 Å². The fourth-order valence-electron chi connectivity index (χ4n) is 2.33. The van der Waals surface area contributed by atoms with E-state index in [-0.39, 0.29) is 0 Å². The van der Waals surface area contributed by atoms with Gasteiger partial charge in [-0.1, -0.05) is 0 Å². The zero-order chi connectivity index (χ0) is 14.3. The summed E-state index contributed by atoms with van der Waals surface area (Å²) in [5.41, 5.74) is 10.7. The van der Waals surface area contributed by atoms with E-state index in [9.17, 15) is 0 Å². The van der Waals surface area contributed by atoms with Gasteiger partial charge in [-0.25, -0.2) is 9.97 Å². The number of imidazole rings is 1. The average Bonchev–Trinajstić information content (AvgIpc) is 2.73.